The predicted octanol–water partition coefficient (Wildman–Crippen LogP) is 4.30. The number of ketones is 1. The molecule has 1 aliphatic heterocycles. The van der Waals surface area contributed by atoms with E-state index in [1.54, 1.807) is 18.2 Å². The molecule has 9 heteroatoms. The molecular weight excluding hydrogens is 465 g/mol. The van der Waals surface area contributed by atoms with E-state index >= 15 is 0 Å². The molecule has 2 aromatic carbocycles. The van der Waals surface area contributed by atoms with Gasteiger partial charge in [-0.1, -0.05) is 19.9 Å². The van der Waals surface area contributed by atoms with Crippen molar-refractivity contribution in [3.05, 3.63) is 76.6 Å². The molecule has 1 unspecified atom stereocenters. The Morgan fingerprint density at radius 1 is 1.22 bits per heavy atom. The molecule has 1 aliphatic carbocycles. The highest BCUT2D eigenvalue weighted by molar-refractivity contribution is 6.00. The summed E-state index contributed by atoms with van der Waals surface area (Å²) in [5.74, 6) is -0.576. The standard InChI is InChI=1S/C27H26FN3O5/c1-27(2)11-19(32)25-22(12-27)36-26(30)18(13-29)24(25)15-4-9-20(21(10-15)34-3)35-14-23(33)31-17-7-5-16(28)6-8-17/h4-10,24H,11-12,14,30H2,1-3H3,(H,31,33). The molecule has 2 aromatic rings. The van der Waals surface area contributed by atoms with Crippen molar-refractivity contribution in [3.8, 4) is 17.6 Å². The molecule has 0 saturated heterocycles. The van der Waals surface area contributed by atoms with Crippen molar-refractivity contribution < 1.29 is 28.2 Å². The fourth-order valence-electron chi connectivity index (χ4n) is 4.47. The van der Waals surface area contributed by atoms with E-state index in [9.17, 15) is 19.2 Å². The number of nitrogens with one attached hydrogen (secondary N) is 1. The molecule has 3 N–H and O–H groups in total. The average molecular weight is 492 g/mol. The molecule has 0 saturated carbocycles. The summed E-state index contributed by atoms with van der Waals surface area (Å²) in [6.07, 6.45) is 0.845. The number of anilines is 1. The zero-order chi connectivity index (χ0) is 26.0. The first-order valence-corrected chi connectivity index (χ1v) is 11.3. The van der Waals surface area contributed by atoms with E-state index < -0.39 is 17.6 Å². The fourth-order valence-corrected chi connectivity index (χ4v) is 4.47. The van der Waals surface area contributed by atoms with Crippen molar-refractivity contribution in [1.82, 2.24) is 0 Å². The summed E-state index contributed by atoms with van der Waals surface area (Å²) in [5.41, 5.74) is 7.42. The second kappa shape index (κ2) is 9.74. The molecule has 8 nitrogen and oxygen atoms in total. The smallest absolute Gasteiger partial charge is 0.262 e. The van der Waals surface area contributed by atoms with E-state index in [-0.39, 0.29) is 29.3 Å². The third kappa shape index (κ3) is 5.03. The Morgan fingerprint density at radius 2 is 1.94 bits per heavy atom. The van der Waals surface area contributed by atoms with Crippen LogP contribution in [0.4, 0.5) is 10.1 Å². The van der Waals surface area contributed by atoms with Gasteiger partial charge in [-0.25, -0.2) is 4.39 Å². The van der Waals surface area contributed by atoms with Crippen molar-refractivity contribution in [2.45, 2.75) is 32.6 Å². The summed E-state index contributed by atoms with van der Waals surface area (Å²) in [5, 5.41) is 12.4. The summed E-state index contributed by atoms with van der Waals surface area (Å²) >= 11 is 0. The van der Waals surface area contributed by atoms with Crippen LogP contribution in [0.3, 0.4) is 0 Å². The number of nitrogens with zero attached hydrogens (tertiary/aromatic N) is 1. The van der Waals surface area contributed by atoms with Crippen molar-refractivity contribution in [3.63, 3.8) is 0 Å². The van der Waals surface area contributed by atoms with E-state index in [1.165, 1.54) is 31.4 Å². The Labute approximate surface area is 208 Å². The number of hydrogen-bond donors (Lipinski definition) is 2. The minimum absolute atomic E-state index is 0.0245. The molecule has 1 heterocycles. The van der Waals surface area contributed by atoms with E-state index in [1.807, 2.05) is 13.8 Å². The Morgan fingerprint density at radius 3 is 2.61 bits per heavy atom. The maximum atomic E-state index is 13.1. The second-order valence-electron chi connectivity index (χ2n) is 9.46. The number of nitriles is 1. The topological polar surface area (TPSA) is 124 Å². The van der Waals surface area contributed by atoms with Crippen molar-refractivity contribution in [2.75, 3.05) is 19.0 Å². The van der Waals surface area contributed by atoms with Gasteiger partial charge in [0.25, 0.3) is 5.91 Å². The van der Waals surface area contributed by atoms with Crippen LogP contribution in [0.15, 0.2) is 65.3 Å². The molecule has 36 heavy (non-hydrogen) atoms. The minimum atomic E-state index is -0.702. The van der Waals surface area contributed by atoms with Crippen LogP contribution in [0.2, 0.25) is 0 Å². The van der Waals surface area contributed by atoms with Gasteiger partial charge in [-0.2, -0.15) is 5.26 Å². The third-order valence-corrected chi connectivity index (χ3v) is 6.08. The van der Waals surface area contributed by atoms with Crippen molar-refractivity contribution >= 4 is 17.4 Å². The number of ether oxygens (including phenoxy) is 3. The molecule has 186 valence electrons. The SMILES string of the molecule is COc1cc(C2C(C#N)=C(N)OC3=C2C(=O)CC(C)(C)C3)ccc1OCC(=O)Nc1ccc(F)cc1. The number of allylic oxidation sites excluding steroid dienone is 3. The lowest BCUT2D eigenvalue weighted by molar-refractivity contribution is -0.119. The van der Waals surface area contributed by atoms with Crippen LogP contribution >= 0.6 is 0 Å². The quantitative estimate of drug-likeness (QED) is 0.617. The molecule has 0 aromatic heterocycles. The number of halogens is 1. The highest BCUT2D eigenvalue weighted by Gasteiger charge is 2.43. The summed E-state index contributed by atoms with van der Waals surface area (Å²) in [4.78, 5) is 25.4. The number of hydrogen-bond acceptors (Lipinski definition) is 7. The Kier molecular flexibility index (Phi) is 6.71. The van der Waals surface area contributed by atoms with Crippen LogP contribution in [0, 0.1) is 22.6 Å². The van der Waals surface area contributed by atoms with E-state index in [0.29, 0.717) is 46.9 Å². The van der Waals surface area contributed by atoms with Gasteiger partial charge in [0.1, 0.15) is 23.2 Å². The normalized spacial score (nSPS) is 18.6. The van der Waals surface area contributed by atoms with Crippen LogP contribution in [0.1, 0.15) is 38.2 Å². The lowest BCUT2D eigenvalue weighted by atomic mass is 9.70. The monoisotopic (exact) mass is 491 g/mol. The maximum Gasteiger partial charge on any atom is 0.262 e. The van der Waals surface area contributed by atoms with Crippen LogP contribution in [-0.4, -0.2) is 25.4 Å². The van der Waals surface area contributed by atoms with Gasteiger partial charge in [-0.3, -0.25) is 9.59 Å². The minimum Gasteiger partial charge on any atom is -0.493 e. The van der Waals surface area contributed by atoms with Gasteiger partial charge in [0.05, 0.1) is 13.0 Å². The number of nitrogens with two attached hydrogens (primary N) is 1. The molecule has 0 fully saturated rings. The molecule has 0 spiro atoms. The van der Waals surface area contributed by atoms with Gasteiger partial charge in [-0.05, 0) is 47.4 Å². The highest BCUT2D eigenvalue weighted by Crippen LogP contribution is 2.48. The number of Topliss-reactive ketones (excluding diaryl/α,β-unsaturated/α-hetero) is 1. The van der Waals surface area contributed by atoms with Crippen LogP contribution in [0.5, 0.6) is 11.5 Å². The zero-order valence-electron chi connectivity index (χ0n) is 20.2. The number of rotatable bonds is 6. The molecule has 4 rings (SSSR count). The number of benzene rings is 2. The molecule has 2 aliphatic rings. The molecule has 1 amide bonds. The first-order chi connectivity index (χ1) is 17.1. The number of carbonyl (C=O) groups excluding carboxylic acids is 2. The first kappa shape index (κ1) is 24.8. The second-order valence-corrected chi connectivity index (χ2v) is 9.46. The van der Waals surface area contributed by atoms with Crippen LogP contribution < -0.4 is 20.5 Å². The van der Waals surface area contributed by atoms with Crippen LogP contribution in [-0.2, 0) is 14.3 Å². The largest absolute Gasteiger partial charge is 0.493 e. The summed E-state index contributed by atoms with van der Waals surface area (Å²) in [6.45, 7) is 3.64. The van der Waals surface area contributed by atoms with E-state index in [2.05, 4.69) is 11.4 Å². The van der Waals surface area contributed by atoms with Gasteiger partial charge >= 0.3 is 0 Å². The van der Waals surface area contributed by atoms with E-state index in [0.717, 1.165) is 0 Å². The van der Waals surface area contributed by atoms with Gasteiger partial charge < -0.3 is 25.3 Å². The lowest BCUT2D eigenvalue weighted by Crippen LogP contribution is -2.33. The lowest BCUT2D eigenvalue weighted by Gasteiger charge is -2.37. The number of methoxy groups -OCH3 is 1. The Hall–Kier alpha value is -4.32. The summed E-state index contributed by atoms with van der Waals surface area (Å²) in [6, 6.07) is 12.4. The Balaban J connectivity index is 1.59. The number of amides is 1. The Bertz CT molecular complexity index is 1320. The summed E-state index contributed by atoms with van der Waals surface area (Å²) < 4.78 is 29.9. The van der Waals surface area contributed by atoms with Crippen molar-refractivity contribution in [1.29, 1.82) is 5.26 Å². The number of carbonyl (C=O) groups is 2. The molecular formula is C27H26FN3O5. The fraction of sp³-hybridized carbons (Fsp3) is 0.296. The van der Waals surface area contributed by atoms with Gasteiger partial charge in [0.2, 0.25) is 5.88 Å². The maximum absolute atomic E-state index is 13.1. The highest BCUT2D eigenvalue weighted by atomic mass is 19.1. The van der Waals surface area contributed by atoms with Crippen LogP contribution in [0.25, 0.3) is 0 Å². The molecule has 1 atom stereocenters. The zero-order valence-corrected chi connectivity index (χ0v) is 20.2. The molecule has 0 bridgehead atoms. The van der Waals surface area contributed by atoms with E-state index in [4.69, 9.17) is 19.9 Å². The predicted molar refractivity (Wildman–Crippen MR) is 129 cm³/mol. The van der Waals surface area contributed by atoms with Gasteiger partial charge in [0.15, 0.2) is 23.9 Å². The third-order valence-electron chi connectivity index (χ3n) is 6.08. The van der Waals surface area contributed by atoms with Crippen molar-refractivity contribution in [2.24, 2.45) is 11.1 Å². The molecule has 0 radical (unpaired) electrons. The van der Waals surface area contributed by atoms with Gasteiger partial charge in [-0.15, -0.1) is 0 Å². The summed E-state index contributed by atoms with van der Waals surface area (Å²) in [7, 11) is 1.45. The first-order valence-electron chi connectivity index (χ1n) is 11.3. The van der Waals surface area contributed by atoms with Gasteiger partial charge in [0, 0.05) is 24.1 Å². The average Bonchev–Trinajstić information content (AvgIpc) is 2.82.